The van der Waals surface area contributed by atoms with Crippen LogP contribution >= 0.6 is 15.9 Å². The Balaban J connectivity index is 2.83. The smallest absolute Gasteiger partial charge is 0.253 e. The van der Waals surface area contributed by atoms with Crippen LogP contribution in [0.4, 0.5) is 0 Å². The van der Waals surface area contributed by atoms with Gasteiger partial charge in [-0.15, -0.1) is 0 Å². The van der Waals surface area contributed by atoms with Crippen LogP contribution < -0.4 is 5.56 Å². The topological polar surface area (TPSA) is 39.8 Å². The van der Waals surface area contributed by atoms with E-state index in [2.05, 4.69) is 21.0 Å². The molecule has 0 atom stereocenters. The summed E-state index contributed by atoms with van der Waals surface area (Å²) >= 11 is 3.49. The van der Waals surface area contributed by atoms with E-state index in [1.807, 2.05) is 33.9 Å². The zero-order chi connectivity index (χ0) is 13.6. The number of nitrogens with zero attached hydrogens (tertiary/aromatic N) is 3. The minimum absolute atomic E-state index is 0.0248. The second-order valence-corrected chi connectivity index (χ2v) is 5.36. The van der Waals surface area contributed by atoms with E-state index in [4.69, 9.17) is 0 Å². The van der Waals surface area contributed by atoms with Crippen LogP contribution in [0.1, 0.15) is 16.7 Å². The standard InChI is InChI=1S/C13H16BrN3O/c1-7-6-8(2)13(18)16(4)11(7)10-9(3)12(14)17(5)15-10/h6H,1-5H3. The van der Waals surface area contributed by atoms with Gasteiger partial charge in [0.05, 0.1) is 5.69 Å². The van der Waals surface area contributed by atoms with E-state index < -0.39 is 0 Å². The molecule has 0 aliphatic carbocycles. The Morgan fingerprint density at radius 2 is 1.78 bits per heavy atom. The summed E-state index contributed by atoms with van der Waals surface area (Å²) in [4.78, 5) is 12.0. The van der Waals surface area contributed by atoms with Crippen molar-refractivity contribution >= 4 is 15.9 Å². The lowest BCUT2D eigenvalue weighted by molar-refractivity contribution is 0.746. The van der Waals surface area contributed by atoms with Gasteiger partial charge in [-0.05, 0) is 48.3 Å². The Morgan fingerprint density at radius 1 is 1.17 bits per heavy atom. The first kappa shape index (κ1) is 13.1. The highest BCUT2D eigenvalue weighted by molar-refractivity contribution is 9.10. The third-order valence-corrected chi connectivity index (χ3v) is 4.31. The molecule has 96 valence electrons. The summed E-state index contributed by atoms with van der Waals surface area (Å²) in [7, 11) is 3.67. The lowest BCUT2D eigenvalue weighted by Gasteiger charge is -2.11. The normalized spacial score (nSPS) is 11.0. The fourth-order valence-electron chi connectivity index (χ4n) is 2.27. The van der Waals surface area contributed by atoms with E-state index in [1.165, 1.54) is 0 Å². The third kappa shape index (κ3) is 1.82. The van der Waals surface area contributed by atoms with Crippen molar-refractivity contribution in [3.05, 3.63) is 37.7 Å². The number of aryl methyl sites for hydroxylation is 3. The number of hydrogen-bond donors (Lipinski definition) is 0. The maximum absolute atomic E-state index is 12.0. The van der Waals surface area contributed by atoms with Gasteiger partial charge in [0.1, 0.15) is 10.3 Å². The van der Waals surface area contributed by atoms with Crippen LogP contribution in [0, 0.1) is 20.8 Å². The lowest BCUT2D eigenvalue weighted by Crippen LogP contribution is -2.22. The molecular weight excluding hydrogens is 294 g/mol. The van der Waals surface area contributed by atoms with E-state index >= 15 is 0 Å². The zero-order valence-electron chi connectivity index (χ0n) is 11.2. The Labute approximate surface area is 114 Å². The van der Waals surface area contributed by atoms with Crippen LogP contribution in [0.5, 0.6) is 0 Å². The van der Waals surface area contributed by atoms with E-state index in [-0.39, 0.29) is 5.56 Å². The van der Waals surface area contributed by atoms with Gasteiger partial charge in [0.15, 0.2) is 0 Å². The molecule has 0 aromatic carbocycles. The monoisotopic (exact) mass is 309 g/mol. The molecule has 0 aliphatic rings. The van der Waals surface area contributed by atoms with Crippen molar-refractivity contribution in [2.24, 2.45) is 14.1 Å². The largest absolute Gasteiger partial charge is 0.309 e. The molecule has 0 bridgehead atoms. The first-order valence-corrected chi connectivity index (χ1v) is 6.50. The number of rotatable bonds is 1. The number of pyridine rings is 1. The molecule has 0 radical (unpaired) electrons. The number of aromatic nitrogens is 3. The van der Waals surface area contributed by atoms with Gasteiger partial charge >= 0.3 is 0 Å². The van der Waals surface area contributed by atoms with Crippen LogP contribution in [0.15, 0.2) is 15.5 Å². The maximum Gasteiger partial charge on any atom is 0.253 e. The van der Waals surface area contributed by atoms with Crippen molar-refractivity contribution in [2.75, 3.05) is 0 Å². The first-order valence-electron chi connectivity index (χ1n) is 5.71. The molecule has 0 fully saturated rings. The Bertz CT molecular complexity index is 683. The molecule has 2 rings (SSSR count). The number of halogens is 1. The van der Waals surface area contributed by atoms with Crippen LogP contribution in [-0.4, -0.2) is 14.3 Å². The van der Waals surface area contributed by atoms with E-state index in [0.717, 1.165) is 32.7 Å². The quantitative estimate of drug-likeness (QED) is 0.812. The van der Waals surface area contributed by atoms with Gasteiger partial charge in [-0.3, -0.25) is 9.48 Å². The summed E-state index contributed by atoms with van der Waals surface area (Å²) in [5.74, 6) is 0. The highest BCUT2D eigenvalue weighted by atomic mass is 79.9. The van der Waals surface area contributed by atoms with E-state index in [1.54, 1.807) is 16.3 Å². The van der Waals surface area contributed by atoms with Gasteiger partial charge in [-0.25, -0.2) is 0 Å². The van der Waals surface area contributed by atoms with Crippen LogP contribution in [0.25, 0.3) is 11.4 Å². The van der Waals surface area contributed by atoms with Gasteiger partial charge in [0.25, 0.3) is 5.56 Å². The minimum atomic E-state index is 0.0248. The second-order valence-electron chi connectivity index (χ2n) is 4.61. The molecule has 0 saturated heterocycles. The SMILES string of the molecule is Cc1cc(C)c(=O)n(C)c1-c1nn(C)c(Br)c1C. The van der Waals surface area contributed by atoms with Gasteiger partial charge in [-0.1, -0.05) is 0 Å². The summed E-state index contributed by atoms with van der Waals surface area (Å²) in [6.07, 6.45) is 0. The Morgan fingerprint density at radius 3 is 2.28 bits per heavy atom. The summed E-state index contributed by atoms with van der Waals surface area (Å²) in [6.45, 7) is 5.83. The van der Waals surface area contributed by atoms with Crippen LogP contribution in [0.3, 0.4) is 0 Å². The highest BCUT2D eigenvalue weighted by Crippen LogP contribution is 2.28. The molecule has 2 aromatic heterocycles. The minimum Gasteiger partial charge on any atom is -0.309 e. The molecule has 0 unspecified atom stereocenters. The summed E-state index contributed by atoms with van der Waals surface area (Å²) in [6, 6.07) is 1.92. The molecule has 2 heterocycles. The van der Waals surface area contributed by atoms with Crippen molar-refractivity contribution in [1.82, 2.24) is 14.3 Å². The summed E-state index contributed by atoms with van der Waals surface area (Å²) < 4.78 is 4.38. The maximum atomic E-state index is 12.0. The fraction of sp³-hybridized carbons (Fsp3) is 0.385. The van der Waals surface area contributed by atoms with Crippen molar-refractivity contribution < 1.29 is 0 Å². The predicted molar refractivity (Wildman–Crippen MR) is 75.8 cm³/mol. The van der Waals surface area contributed by atoms with E-state index in [9.17, 15) is 4.79 Å². The average Bonchev–Trinajstić information content (AvgIpc) is 2.55. The molecule has 0 aliphatic heterocycles. The van der Waals surface area contributed by atoms with Crippen molar-refractivity contribution in [3.63, 3.8) is 0 Å². The molecular formula is C13H16BrN3O. The first-order chi connectivity index (χ1) is 8.34. The molecule has 5 heteroatoms. The molecule has 4 nitrogen and oxygen atoms in total. The van der Waals surface area contributed by atoms with Gasteiger partial charge < -0.3 is 4.57 Å². The Hall–Kier alpha value is -1.36. The van der Waals surface area contributed by atoms with Crippen LogP contribution in [-0.2, 0) is 14.1 Å². The Kier molecular flexibility index (Phi) is 3.19. The molecule has 0 saturated carbocycles. The van der Waals surface area contributed by atoms with Gasteiger partial charge in [0, 0.05) is 25.2 Å². The van der Waals surface area contributed by atoms with Gasteiger partial charge in [0.2, 0.25) is 0 Å². The second kappa shape index (κ2) is 4.39. The highest BCUT2D eigenvalue weighted by Gasteiger charge is 2.17. The average molecular weight is 310 g/mol. The predicted octanol–water partition coefficient (Wildman–Crippen LogP) is 2.47. The molecule has 0 amide bonds. The molecule has 0 N–H and O–H groups in total. The molecule has 0 spiro atoms. The number of hydrogen-bond acceptors (Lipinski definition) is 2. The molecule has 18 heavy (non-hydrogen) atoms. The van der Waals surface area contributed by atoms with Crippen molar-refractivity contribution in [1.29, 1.82) is 0 Å². The van der Waals surface area contributed by atoms with Crippen molar-refractivity contribution in [3.8, 4) is 11.4 Å². The summed E-state index contributed by atoms with van der Waals surface area (Å²) in [5, 5.41) is 4.48. The summed E-state index contributed by atoms with van der Waals surface area (Å²) in [5.41, 5.74) is 4.61. The third-order valence-electron chi connectivity index (χ3n) is 3.21. The zero-order valence-corrected chi connectivity index (χ0v) is 12.8. The fourth-order valence-corrected chi connectivity index (χ4v) is 2.53. The van der Waals surface area contributed by atoms with Gasteiger partial charge in [-0.2, -0.15) is 5.10 Å². The van der Waals surface area contributed by atoms with Crippen LogP contribution in [0.2, 0.25) is 0 Å². The van der Waals surface area contributed by atoms with E-state index in [0.29, 0.717) is 0 Å². The molecule has 2 aromatic rings. The van der Waals surface area contributed by atoms with Crippen molar-refractivity contribution in [2.45, 2.75) is 20.8 Å². The lowest BCUT2D eigenvalue weighted by atomic mass is 10.1.